The van der Waals surface area contributed by atoms with Crippen LogP contribution in [0, 0.1) is 11.8 Å². The van der Waals surface area contributed by atoms with E-state index in [-0.39, 0.29) is 5.97 Å². The maximum Gasteiger partial charge on any atom is 0.333 e. The summed E-state index contributed by atoms with van der Waals surface area (Å²) in [5.41, 5.74) is 3.43. The highest BCUT2D eigenvalue weighted by Crippen LogP contribution is 2.38. The lowest BCUT2D eigenvalue weighted by molar-refractivity contribution is -0.138. The normalized spacial score (nSPS) is 26.7. The fourth-order valence-electron chi connectivity index (χ4n) is 2.76. The second kappa shape index (κ2) is 6.77. The largest absolute Gasteiger partial charge is 0.463 e. The Morgan fingerprint density at radius 2 is 2.06 bits per heavy atom. The number of hydrogen-bond acceptors (Lipinski definition) is 2. The van der Waals surface area contributed by atoms with Crippen molar-refractivity contribution in [3.8, 4) is 0 Å². The maximum absolute atomic E-state index is 12.0. The van der Waals surface area contributed by atoms with Gasteiger partial charge in [-0.1, -0.05) is 31.6 Å². The molecule has 0 aromatic carbocycles. The number of carbonyl (C=O) groups is 1. The van der Waals surface area contributed by atoms with Crippen molar-refractivity contribution in [2.75, 3.05) is 6.61 Å². The van der Waals surface area contributed by atoms with Crippen LogP contribution in [0.2, 0.25) is 0 Å². The molecule has 2 nitrogen and oxygen atoms in total. The van der Waals surface area contributed by atoms with E-state index in [4.69, 9.17) is 4.74 Å². The molecule has 1 rings (SSSR count). The zero-order chi connectivity index (χ0) is 13.7. The number of ether oxygens (including phenoxy) is 1. The van der Waals surface area contributed by atoms with Crippen LogP contribution >= 0.6 is 0 Å². The van der Waals surface area contributed by atoms with Gasteiger partial charge in [-0.2, -0.15) is 0 Å². The highest BCUT2D eigenvalue weighted by molar-refractivity contribution is 5.89. The molecule has 18 heavy (non-hydrogen) atoms. The Morgan fingerprint density at radius 1 is 1.39 bits per heavy atom. The van der Waals surface area contributed by atoms with E-state index in [1.807, 2.05) is 13.8 Å². The third-order valence-corrected chi connectivity index (χ3v) is 3.97. The molecule has 0 aliphatic heterocycles. The van der Waals surface area contributed by atoms with Gasteiger partial charge in [0.05, 0.1) is 6.61 Å². The fourth-order valence-corrected chi connectivity index (χ4v) is 2.76. The number of allylic oxidation sites excluding steroid dienone is 2. The molecule has 0 saturated heterocycles. The highest BCUT2D eigenvalue weighted by Gasteiger charge is 2.27. The third-order valence-electron chi connectivity index (χ3n) is 3.97. The first-order valence-electron chi connectivity index (χ1n) is 7.05. The molecule has 0 aromatic heterocycles. The second-order valence-corrected chi connectivity index (χ2v) is 5.30. The summed E-state index contributed by atoms with van der Waals surface area (Å²) in [4.78, 5) is 12.0. The predicted molar refractivity (Wildman–Crippen MR) is 75.3 cm³/mol. The lowest BCUT2D eigenvalue weighted by Gasteiger charge is -2.31. The Morgan fingerprint density at radius 3 is 2.56 bits per heavy atom. The molecule has 1 saturated carbocycles. The molecule has 2 heteroatoms. The van der Waals surface area contributed by atoms with Gasteiger partial charge < -0.3 is 4.74 Å². The van der Waals surface area contributed by atoms with Gasteiger partial charge >= 0.3 is 5.97 Å². The molecule has 0 bridgehead atoms. The summed E-state index contributed by atoms with van der Waals surface area (Å²) in [6.45, 7) is 12.7. The van der Waals surface area contributed by atoms with E-state index >= 15 is 0 Å². The standard InChI is InChI=1S/C16H26O2/c1-6-14(16(17)18-7-2)15-10-13(11(3)4)9-8-12(15)5/h12-13H,3,6-10H2,1-2,4-5H3/b15-14+/t12-,13-/m1/s1. The third kappa shape index (κ3) is 3.47. The summed E-state index contributed by atoms with van der Waals surface area (Å²) >= 11 is 0. The molecule has 0 N–H and O–H groups in total. The van der Waals surface area contributed by atoms with Crippen LogP contribution in [0.1, 0.15) is 53.4 Å². The Bertz CT molecular complexity index is 352. The minimum atomic E-state index is -0.121. The first-order chi connectivity index (χ1) is 8.51. The SMILES string of the molecule is C=C(C)[C@@H]1CC[C@@H](C)/C(=C(\CC)C(=O)OCC)C1. The molecule has 0 radical (unpaired) electrons. The molecule has 0 amide bonds. The van der Waals surface area contributed by atoms with Gasteiger partial charge in [-0.15, -0.1) is 0 Å². The van der Waals surface area contributed by atoms with Gasteiger partial charge in [-0.05, 0) is 51.4 Å². The van der Waals surface area contributed by atoms with Crippen molar-refractivity contribution in [1.29, 1.82) is 0 Å². The van der Waals surface area contributed by atoms with Gasteiger partial charge in [-0.3, -0.25) is 0 Å². The Hall–Kier alpha value is -1.05. The predicted octanol–water partition coefficient (Wildman–Crippen LogP) is 4.27. The van der Waals surface area contributed by atoms with Crippen molar-refractivity contribution in [3.63, 3.8) is 0 Å². The zero-order valence-electron chi connectivity index (χ0n) is 12.2. The van der Waals surface area contributed by atoms with Gasteiger partial charge in [0.2, 0.25) is 0 Å². The zero-order valence-corrected chi connectivity index (χ0v) is 12.2. The van der Waals surface area contributed by atoms with E-state index in [0.717, 1.165) is 24.8 Å². The van der Waals surface area contributed by atoms with Gasteiger partial charge in [-0.25, -0.2) is 4.79 Å². The Balaban J connectivity index is 2.98. The lowest BCUT2D eigenvalue weighted by Crippen LogP contribution is -2.20. The van der Waals surface area contributed by atoms with Gasteiger partial charge in [0, 0.05) is 5.57 Å². The summed E-state index contributed by atoms with van der Waals surface area (Å²) in [6, 6.07) is 0. The topological polar surface area (TPSA) is 26.3 Å². The van der Waals surface area contributed by atoms with E-state index < -0.39 is 0 Å². The van der Waals surface area contributed by atoms with Crippen molar-refractivity contribution in [3.05, 3.63) is 23.3 Å². The van der Waals surface area contributed by atoms with Crippen molar-refractivity contribution >= 4 is 5.97 Å². The quantitative estimate of drug-likeness (QED) is 0.423. The highest BCUT2D eigenvalue weighted by atomic mass is 16.5. The van der Waals surface area contributed by atoms with E-state index in [2.05, 4.69) is 20.4 Å². The van der Waals surface area contributed by atoms with Gasteiger partial charge in [0.15, 0.2) is 0 Å². The summed E-state index contributed by atoms with van der Waals surface area (Å²) in [5, 5.41) is 0. The number of rotatable bonds is 4. The van der Waals surface area contributed by atoms with E-state index in [1.54, 1.807) is 0 Å². The molecule has 0 heterocycles. The first kappa shape index (κ1) is 15.0. The van der Waals surface area contributed by atoms with Crippen LogP contribution in [0.25, 0.3) is 0 Å². The molecule has 0 spiro atoms. The van der Waals surface area contributed by atoms with Crippen LogP contribution in [-0.2, 0) is 9.53 Å². The van der Waals surface area contributed by atoms with Crippen LogP contribution < -0.4 is 0 Å². The molecule has 0 aromatic rings. The average molecular weight is 250 g/mol. The first-order valence-corrected chi connectivity index (χ1v) is 7.05. The van der Waals surface area contributed by atoms with Crippen molar-refractivity contribution in [1.82, 2.24) is 0 Å². The monoisotopic (exact) mass is 250 g/mol. The summed E-state index contributed by atoms with van der Waals surface area (Å²) in [7, 11) is 0. The number of hydrogen-bond donors (Lipinski definition) is 0. The minimum absolute atomic E-state index is 0.121. The molecule has 1 aliphatic carbocycles. The Labute approximate surface area is 111 Å². The smallest absolute Gasteiger partial charge is 0.333 e. The van der Waals surface area contributed by atoms with Gasteiger partial charge in [0.1, 0.15) is 0 Å². The van der Waals surface area contributed by atoms with Gasteiger partial charge in [0.25, 0.3) is 0 Å². The summed E-state index contributed by atoms with van der Waals surface area (Å²) in [5.74, 6) is 0.913. The van der Waals surface area contributed by atoms with Crippen LogP contribution in [-0.4, -0.2) is 12.6 Å². The molecule has 1 fully saturated rings. The molecular formula is C16H26O2. The van der Waals surface area contributed by atoms with E-state index in [9.17, 15) is 4.79 Å². The average Bonchev–Trinajstić information content (AvgIpc) is 2.32. The van der Waals surface area contributed by atoms with Crippen LogP contribution in [0.3, 0.4) is 0 Å². The van der Waals surface area contributed by atoms with Crippen molar-refractivity contribution < 1.29 is 9.53 Å². The maximum atomic E-state index is 12.0. The minimum Gasteiger partial charge on any atom is -0.463 e. The molecule has 1 aliphatic rings. The van der Waals surface area contributed by atoms with Crippen LogP contribution in [0.4, 0.5) is 0 Å². The summed E-state index contributed by atoms with van der Waals surface area (Å²) < 4.78 is 5.17. The lowest BCUT2D eigenvalue weighted by atomic mass is 9.74. The summed E-state index contributed by atoms with van der Waals surface area (Å²) in [6.07, 6.45) is 4.09. The van der Waals surface area contributed by atoms with Crippen LogP contribution in [0.5, 0.6) is 0 Å². The van der Waals surface area contributed by atoms with Crippen molar-refractivity contribution in [2.45, 2.75) is 53.4 Å². The second-order valence-electron chi connectivity index (χ2n) is 5.30. The van der Waals surface area contributed by atoms with Crippen molar-refractivity contribution in [2.24, 2.45) is 11.8 Å². The number of esters is 1. The van der Waals surface area contributed by atoms with E-state index in [1.165, 1.54) is 17.6 Å². The number of carbonyl (C=O) groups excluding carboxylic acids is 1. The fraction of sp³-hybridized carbons (Fsp3) is 0.688. The van der Waals surface area contributed by atoms with E-state index in [0.29, 0.717) is 18.4 Å². The Kier molecular flexibility index (Phi) is 5.64. The molecule has 2 atom stereocenters. The molecule has 0 unspecified atom stereocenters. The molecule has 102 valence electrons. The van der Waals surface area contributed by atoms with Crippen LogP contribution in [0.15, 0.2) is 23.3 Å². The molecular weight excluding hydrogens is 224 g/mol.